The smallest absolute Gasteiger partial charge is 0.355 e. The maximum Gasteiger partial charge on any atom is 0.355 e. The highest BCUT2D eigenvalue weighted by atomic mass is 16.5. The third-order valence-electron chi connectivity index (χ3n) is 5.76. The van der Waals surface area contributed by atoms with Gasteiger partial charge in [0.1, 0.15) is 12.3 Å². The zero-order valence-electron chi connectivity index (χ0n) is 15.8. The molecule has 0 aromatic heterocycles. The Labute approximate surface area is 162 Å². The number of ether oxygens (including phenoxy) is 1. The minimum absolute atomic E-state index is 0.0198. The number of anilines is 1. The van der Waals surface area contributed by atoms with Gasteiger partial charge in [0, 0.05) is 12.7 Å². The van der Waals surface area contributed by atoms with Gasteiger partial charge in [0.05, 0.1) is 24.5 Å². The van der Waals surface area contributed by atoms with Crippen molar-refractivity contribution in [3.63, 3.8) is 0 Å². The zero-order chi connectivity index (χ0) is 20.2. The number of carbonyl (C=O) groups excluding carboxylic acids is 3. The van der Waals surface area contributed by atoms with Gasteiger partial charge in [-0.2, -0.15) is 0 Å². The Morgan fingerprint density at radius 1 is 1.43 bits per heavy atom. The number of esters is 1. The Bertz CT molecular complexity index is 933. The molecule has 0 radical (unpaired) electrons. The van der Waals surface area contributed by atoms with Crippen LogP contribution in [0.5, 0.6) is 0 Å². The Hall–Kier alpha value is -2.93. The highest BCUT2D eigenvalue weighted by molar-refractivity contribution is 6.07. The van der Waals surface area contributed by atoms with Crippen LogP contribution in [0, 0.1) is 5.92 Å². The van der Waals surface area contributed by atoms with Gasteiger partial charge >= 0.3 is 5.97 Å². The second-order valence-electron chi connectivity index (χ2n) is 7.43. The lowest BCUT2D eigenvalue weighted by atomic mass is 9.82. The van der Waals surface area contributed by atoms with Crippen LogP contribution in [-0.4, -0.2) is 53.6 Å². The molecule has 1 aromatic rings. The Morgan fingerprint density at radius 3 is 2.86 bits per heavy atom. The quantitative estimate of drug-likeness (QED) is 0.471. The predicted octanol–water partition coefficient (Wildman–Crippen LogP) is 1.26. The number of fused-ring (bicyclic) bond motifs is 2. The summed E-state index contributed by atoms with van der Waals surface area (Å²) in [6, 6.07) is 5.36. The second kappa shape index (κ2) is 6.60. The monoisotopic (exact) mass is 382 g/mol. The van der Waals surface area contributed by atoms with Gasteiger partial charge in [-0.05, 0) is 42.2 Å². The molecule has 2 amide bonds. The molecule has 0 bridgehead atoms. The summed E-state index contributed by atoms with van der Waals surface area (Å²) in [5.41, 5.74) is 3.47. The molecule has 28 heavy (non-hydrogen) atoms. The number of aliphatic hydroxyl groups excluding tert-OH is 1. The van der Waals surface area contributed by atoms with Gasteiger partial charge < -0.3 is 19.6 Å². The molecule has 3 atom stereocenters. The van der Waals surface area contributed by atoms with E-state index < -0.39 is 18.0 Å². The van der Waals surface area contributed by atoms with E-state index >= 15 is 0 Å². The van der Waals surface area contributed by atoms with Crippen molar-refractivity contribution in [2.45, 2.75) is 31.9 Å². The molecule has 0 aliphatic carbocycles. The number of hydrogen-bond donors (Lipinski definition) is 1. The first-order valence-electron chi connectivity index (χ1n) is 9.27. The van der Waals surface area contributed by atoms with Crippen molar-refractivity contribution in [2.75, 3.05) is 18.6 Å². The number of nitrogens with zero attached hydrogens (tertiary/aromatic N) is 2. The molecule has 3 heterocycles. The number of hydrogen-bond acceptors (Lipinski definition) is 5. The first-order valence-corrected chi connectivity index (χ1v) is 9.27. The third-order valence-corrected chi connectivity index (χ3v) is 5.76. The maximum absolute atomic E-state index is 12.7. The average molecular weight is 382 g/mol. The third kappa shape index (κ3) is 2.57. The van der Waals surface area contributed by atoms with Crippen LogP contribution < -0.4 is 4.90 Å². The number of β-lactam (4-membered cyclic amide) rings is 1. The van der Waals surface area contributed by atoms with Crippen molar-refractivity contribution in [1.82, 2.24) is 4.90 Å². The van der Waals surface area contributed by atoms with Gasteiger partial charge in [-0.1, -0.05) is 18.7 Å². The van der Waals surface area contributed by atoms with Crippen LogP contribution in [0.2, 0.25) is 0 Å². The van der Waals surface area contributed by atoms with Gasteiger partial charge in [-0.25, -0.2) is 4.79 Å². The molecule has 0 spiro atoms. The Balaban J connectivity index is 1.75. The number of rotatable bonds is 5. The van der Waals surface area contributed by atoms with E-state index in [0.29, 0.717) is 18.4 Å². The molecule has 0 unspecified atom stereocenters. The Morgan fingerprint density at radius 2 is 2.18 bits per heavy atom. The molecule has 3 aliphatic heterocycles. The van der Waals surface area contributed by atoms with E-state index in [1.54, 1.807) is 18.9 Å². The van der Waals surface area contributed by atoms with Gasteiger partial charge in [-0.15, -0.1) is 0 Å². The summed E-state index contributed by atoms with van der Waals surface area (Å²) in [5, 5.41) is 9.96. The van der Waals surface area contributed by atoms with Gasteiger partial charge in [0.15, 0.2) is 0 Å². The summed E-state index contributed by atoms with van der Waals surface area (Å²) < 4.78 is 5.22. The molecule has 0 saturated carbocycles. The van der Waals surface area contributed by atoms with Gasteiger partial charge in [-0.3, -0.25) is 9.59 Å². The minimum Gasteiger partial charge on any atom is -0.457 e. The second-order valence-corrected chi connectivity index (χ2v) is 7.43. The summed E-state index contributed by atoms with van der Waals surface area (Å²) in [6.07, 6.45) is 1.45. The lowest BCUT2D eigenvalue weighted by Gasteiger charge is -2.44. The number of amides is 2. The summed E-state index contributed by atoms with van der Waals surface area (Å²) >= 11 is 0. The van der Waals surface area contributed by atoms with Crippen molar-refractivity contribution in [3.05, 3.63) is 47.7 Å². The number of carbonyl (C=O) groups is 3. The molecule has 1 saturated heterocycles. The van der Waals surface area contributed by atoms with Crippen molar-refractivity contribution in [3.8, 4) is 0 Å². The van der Waals surface area contributed by atoms with E-state index in [1.807, 2.05) is 18.2 Å². The molecule has 146 valence electrons. The molecule has 1 N–H and O–H groups in total. The summed E-state index contributed by atoms with van der Waals surface area (Å²) in [7, 11) is 1.73. The molecule has 7 nitrogen and oxygen atoms in total. The first kappa shape index (κ1) is 18.4. The van der Waals surface area contributed by atoms with Crippen molar-refractivity contribution >= 4 is 29.0 Å². The van der Waals surface area contributed by atoms with Crippen LogP contribution >= 0.6 is 0 Å². The average Bonchev–Trinajstić information content (AvgIpc) is 3.14. The largest absolute Gasteiger partial charge is 0.457 e. The fourth-order valence-electron chi connectivity index (χ4n) is 4.38. The fraction of sp³-hybridized carbons (Fsp3) is 0.381. The summed E-state index contributed by atoms with van der Waals surface area (Å²) in [4.78, 5) is 40.3. The zero-order valence-corrected chi connectivity index (χ0v) is 15.8. The maximum atomic E-state index is 12.7. The standard InChI is InChI=1S/C21H22N2O5/c1-4-7-28-21(27)19-14(10-16-18(11(2)24)20(26)23(16)19)12-5-6-15-13(8-12)9-17(25)22(15)3/h4-6,8,11,16,18,24H,1,7,9-10H2,2-3H3/t11-,16-,18-/m1/s1. The number of aliphatic hydroxyl groups is 1. The lowest BCUT2D eigenvalue weighted by Crippen LogP contribution is -2.61. The van der Waals surface area contributed by atoms with Gasteiger partial charge in [0.2, 0.25) is 11.8 Å². The molecule has 1 aromatic carbocycles. The van der Waals surface area contributed by atoms with Crippen molar-refractivity contribution in [1.29, 1.82) is 0 Å². The SMILES string of the molecule is C=CCOC(=O)C1=C(c2ccc3c(c2)CC(=O)N3C)C[C@@H]2[C@@H]([C@@H](C)O)C(=O)N12. The van der Waals surface area contributed by atoms with Crippen LogP contribution in [0.15, 0.2) is 36.6 Å². The minimum atomic E-state index is -0.787. The molecule has 7 heteroatoms. The van der Waals surface area contributed by atoms with Crippen LogP contribution in [-0.2, 0) is 25.5 Å². The predicted molar refractivity (Wildman–Crippen MR) is 102 cm³/mol. The summed E-state index contributed by atoms with van der Waals surface area (Å²) in [5.74, 6) is -1.35. The number of benzene rings is 1. The Kier molecular flexibility index (Phi) is 4.34. The van der Waals surface area contributed by atoms with E-state index in [1.165, 1.54) is 11.0 Å². The number of likely N-dealkylation sites (N-methyl/N-ethyl adjacent to an activating group) is 1. The van der Waals surface area contributed by atoms with Crippen LogP contribution in [0.1, 0.15) is 24.5 Å². The molecular weight excluding hydrogens is 360 g/mol. The highest BCUT2D eigenvalue weighted by Gasteiger charge is 2.57. The van der Waals surface area contributed by atoms with Crippen molar-refractivity contribution in [2.24, 2.45) is 5.92 Å². The van der Waals surface area contributed by atoms with E-state index in [9.17, 15) is 19.5 Å². The van der Waals surface area contributed by atoms with Crippen LogP contribution in [0.25, 0.3) is 5.57 Å². The molecule has 3 aliphatic rings. The van der Waals surface area contributed by atoms with Gasteiger partial charge in [0.25, 0.3) is 0 Å². The highest BCUT2D eigenvalue weighted by Crippen LogP contribution is 2.47. The van der Waals surface area contributed by atoms with E-state index in [-0.39, 0.29) is 30.2 Å². The van der Waals surface area contributed by atoms with E-state index in [2.05, 4.69) is 6.58 Å². The molecular formula is C21H22N2O5. The normalized spacial score (nSPS) is 24.1. The van der Waals surface area contributed by atoms with Crippen LogP contribution in [0.3, 0.4) is 0 Å². The topological polar surface area (TPSA) is 87.1 Å². The van der Waals surface area contributed by atoms with Crippen molar-refractivity contribution < 1.29 is 24.2 Å². The van der Waals surface area contributed by atoms with E-state index in [0.717, 1.165) is 16.8 Å². The molecule has 1 fully saturated rings. The molecule has 4 rings (SSSR count). The first-order chi connectivity index (χ1) is 13.3. The van der Waals surface area contributed by atoms with Crippen LogP contribution in [0.4, 0.5) is 5.69 Å². The fourth-order valence-corrected chi connectivity index (χ4v) is 4.38. The van der Waals surface area contributed by atoms with E-state index in [4.69, 9.17) is 4.74 Å². The lowest BCUT2D eigenvalue weighted by molar-refractivity contribution is -0.162. The summed E-state index contributed by atoms with van der Waals surface area (Å²) in [6.45, 7) is 5.18.